The molecule has 0 aromatic heterocycles. The Labute approximate surface area is 195 Å². The number of esters is 3. The normalized spacial score (nSPS) is 19.5. The minimum atomic E-state index is -0.583. The zero-order chi connectivity index (χ0) is 23.0. The van der Waals surface area contributed by atoms with E-state index < -0.39 is 29.4 Å². The molecule has 0 N–H and O–H groups in total. The minimum Gasteiger partial charge on any atom is -0.461 e. The van der Waals surface area contributed by atoms with Crippen LogP contribution in [-0.4, -0.2) is 41.3 Å². The van der Waals surface area contributed by atoms with Crippen molar-refractivity contribution in [3.8, 4) is 0 Å². The average Bonchev–Trinajstić information content (AvgIpc) is 3.24. The van der Waals surface area contributed by atoms with E-state index in [1.807, 2.05) is 18.2 Å². The third-order valence-corrected chi connectivity index (χ3v) is 6.45. The van der Waals surface area contributed by atoms with Gasteiger partial charge in [0.15, 0.2) is 5.44 Å². The van der Waals surface area contributed by atoms with E-state index in [0.29, 0.717) is 23.1 Å². The second-order valence-electron chi connectivity index (χ2n) is 7.39. The molecule has 1 heterocycles. The van der Waals surface area contributed by atoms with Crippen molar-refractivity contribution in [2.24, 2.45) is 0 Å². The van der Waals surface area contributed by atoms with Crippen LogP contribution in [0.5, 0.6) is 0 Å². The summed E-state index contributed by atoms with van der Waals surface area (Å²) in [6.45, 7) is 0.0184. The molecule has 0 aliphatic carbocycles. The molecular weight excluding hydrogens is 440 g/mol. The van der Waals surface area contributed by atoms with E-state index in [-0.39, 0.29) is 11.9 Å². The van der Waals surface area contributed by atoms with Gasteiger partial charge in [0.2, 0.25) is 0 Å². The van der Waals surface area contributed by atoms with Crippen LogP contribution in [0, 0.1) is 0 Å². The zero-order valence-corrected chi connectivity index (χ0v) is 18.5. The number of carbonyl (C=O) groups excluding carboxylic acids is 3. The highest BCUT2D eigenvalue weighted by Crippen LogP contribution is 2.38. The molecule has 1 unspecified atom stereocenters. The van der Waals surface area contributed by atoms with Crippen LogP contribution in [0.4, 0.5) is 0 Å². The van der Waals surface area contributed by atoms with Gasteiger partial charge in [-0.2, -0.15) is 0 Å². The van der Waals surface area contributed by atoms with E-state index in [1.54, 1.807) is 72.8 Å². The second kappa shape index (κ2) is 10.8. The molecule has 0 amide bonds. The van der Waals surface area contributed by atoms with Gasteiger partial charge in [0, 0.05) is 6.42 Å². The quantitative estimate of drug-likeness (QED) is 0.370. The summed E-state index contributed by atoms with van der Waals surface area (Å²) in [7, 11) is 0. The number of ether oxygens (including phenoxy) is 3. The molecule has 0 bridgehead atoms. The lowest BCUT2D eigenvalue weighted by Crippen LogP contribution is -2.29. The van der Waals surface area contributed by atoms with Gasteiger partial charge >= 0.3 is 17.9 Å². The van der Waals surface area contributed by atoms with Crippen molar-refractivity contribution in [2.45, 2.75) is 23.2 Å². The topological polar surface area (TPSA) is 78.9 Å². The summed E-state index contributed by atoms with van der Waals surface area (Å²) < 4.78 is 16.8. The van der Waals surface area contributed by atoms with Crippen LogP contribution in [0.25, 0.3) is 0 Å². The highest BCUT2D eigenvalue weighted by molar-refractivity contribution is 8.00. The lowest BCUT2D eigenvalue weighted by molar-refractivity contribution is 0.0136. The third-order valence-electron chi connectivity index (χ3n) is 5.07. The molecule has 3 aromatic rings. The standard InChI is InChI=1S/C26H22O6S/c27-24(18-10-4-1-5-11-18)30-17-22-21(31-25(28)19-12-6-2-7-13-19)16-23(33-22)32-26(29)20-14-8-3-9-15-20/h1-15,21-23H,16-17H2/t21-,22-,23?/m0/s1. The predicted octanol–water partition coefficient (Wildman–Crippen LogP) is 4.76. The fourth-order valence-corrected chi connectivity index (χ4v) is 4.71. The highest BCUT2D eigenvalue weighted by atomic mass is 32.2. The molecule has 1 aliphatic heterocycles. The summed E-state index contributed by atoms with van der Waals surface area (Å²) >= 11 is 1.32. The van der Waals surface area contributed by atoms with Gasteiger partial charge in [0.1, 0.15) is 12.7 Å². The zero-order valence-electron chi connectivity index (χ0n) is 17.7. The van der Waals surface area contributed by atoms with Crippen LogP contribution in [-0.2, 0) is 14.2 Å². The molecule has 0 radical (unpaired) electrons. The number of hydrogen-bond donors (Lipinski definition) is 0. The maximum absolute atomic E-state index is 12.6. The Hall–Kier alpha value is -3.58. The van der Waals surface area contributed by atoms with Gasteiger partial charge in [-0.15, -0.1) is 11.8 Å². The van der Waals surface area contributed by atoms with Gasteiger partial charge in [-0.25, -0.2) is 14.4 Å². The van der Waals surface area contributed by atoms with Gasteiger partial charge in [-0.3, -0.25) is 0 Å². The lowest BCUT2D eigenvalue weighted by atomic mass is 10.2. The van der Waals surface area contributed by atoms with Crippen LogP contribution >= 0.6 is 11.8 Å². The molecular formula is C26H22O6S. The summed E-state index contributed by atoms with van der Waals surface area (Å²) in [5.41, 5.74) is 0.763. The fourth-order valence-electron chi connectivity index (χ4n) is 3.38. The van der Waals surface area contributed by atoms with Crippen LogP contribution < -0.4 is 0 Å². The van der Waals surface area contributed by atoms with Gasteiger partial charge in [-0.05, 0) is 36.4 Å². The summed E-state index contributed by atoms with van der Waals surface area (Å²) in [6.07, 6.45) is -0.283. The largest absolute Gasteiger partial charge is 0.461 e. The van der Waals surface area contributed by atoms with E-state index in [0.717, 1.165) is 0 Å². The van der Waals surface area contributed by atoms with Crippen molar-refractivity contribution in [3.05, 3.63) is 108 Å². The molecule has 0 spiro atoms. The summed E-state index contributed by atoms with van der Waals surface area (Å²) in [5.74, 6) is -1.40. The Morgan fingerprint density at radius 1 is 0.667 bits per heavy atom. The third kappa shape index (κ3) is 6.02. The molecule has 4 rings (SSSR count). The molecule has 33 heavy (non-hydrogen) atoms. The molecule has 168 valence electrons. The first-order chi connectivity index (χ1) is 16.1. The molecule has 0 saturated carbocycles. The van der Waals surface area contributed by atoms with Crippen LogP contribution in [0.3, 0.4) is 0 Å². The van der Waals surface area contributed by atoms with Crippen LogP contribution in [0.2, 0.25) is 0 Å². The average molecular weight is 463 g/mol. The van der Waals surface area contributed by atoms with E-state index >= 15 is 0 Å². The molecule has 6 nitrogen and oxygen atoms in total. The number of hydrogen-bond acceptors (Lipinski definition) is 7. The Bertz CT molecular complexity index is 1090. The van der Waals surface area contributed by atoms with Crippen molar-refractivity contribution < 1.29 is 28.6 Å². The fraction of sp³-hybridized carbons (Fsp3) is 0.192. The van der Waals surface area contributed by atoms with Crippen LogP contribution in [0.1, 0.15) is 37.5 Å². The lowest BCUT2D eigenvalue weighted by Gasteiger charge is -2.18. The molecule has 1 saturated heterocycles. The summed E-state index contributed by atoms with van der Waals surface area (Å²) in [5, 5.41) is -0.376. The van der Waals surface area contributed by atoms with Crippen molar-refractivity contribution in [3.63, 3.8) is 0 Å². The Kier molecular flexibility index (Phi) is 7.42. The van der Waals surface area contributed by atoms with Crippen molar-refractivity contribution >= 4 is 29.7 Å². The van der Waals surface area contributed by atoms with E-state index in [9.17, 15) is 14.4 Å². The number of rotatable bonds is 7. The number of thioether (sulfide) groups is 1. The van der Waals surface area contributed by atoms with Crippen LogP contribution in [0.15, 0.2) is 91.0 Å². The first-order valence-corrected chi connectivity index (χ1v) is 11.4. The molecule has 7 heteroatoms. The van der Waals surface area contributed by atoms with Gasteiger partial charge in [-0.1, -0.05) is 54.6 Å². The Morgan fingerprint density at radius 2 is 1.12 bits per heavy atom. The van der Waals surface area contributed by atoms with Gasteiger partial charge < -0.3 is 14.2 Å². The smallest absolute Gasteiger partial charge is 0.339 e. The molecule has 3 aromatic carbocycles. The Balaban J connectivity index is 1.43. The van der Waals surface area contributed by atoms with Gasteiger partial charge in [0.25, 0.3) is 0 Å². The van der Waals surface area contributed by atoms with E-state index in [4.69, 9.17) is 14.2 Å². The highest BCUT2D eigenvalue weighted by Gasteiger charge is 2.41. The Morgan fingerprint density at radius 3 is 1.64 bits per heavy atom. The molecule has 1 aliphatic rings. The molecule has 1 fully saturated rings. The molecule has 3 atom stereocenters. The van der Waals surface area contributed by atoms with Crippen molar-refractivity contribution in [1.29, 1.82) is 0 Å². The monoisotopic (exact) mass is 462 g/mol. The minimum absolute atomic E-state index is 0.0184. The second-order valence-corrected chi connectivity index (χ2v) is 8.79. The number of benzene rings is 3. The summed E-state index contributed by atoms with van der Waals surface area (Å²) in [4.78, 5) is 37.5. The number of carbonyl (C=O) groups is 3. The van der Waals surface area contributed by atoms with Gasteiger partial charge in [0.05, 0.1) is 21.9 Å². The van der Waals surface area contributed by atoms with Crippen molar-refractivity contribution in [1.82, 2.24) is 0 Å². The van der Waals surface area contributed by atoms with E-state index in [2.05, 4.69) is 0 Å². The maximum Gasteiger partial charge on any atom is 0.339 e. The summed E-state index contributed by atoms with van der Waals surface area (Å²) in [6, 6.07) is 26.0. The first-order valence-electron chi connectivity index (χ1n) is 10.5. The van der Waals surface area contributed by atoms with Crippen molar-refractivity contribution in [2.75, 3.05) is 6.61 Å². The SMILES string of the molecule is O=C(OC[C@@H]1SC(OC(=O)c2ccccc2)C[C@@H]1OC(=O)c1ccccc1)c1ccccc1. The first kappa shape index (κ1) is 22.6. The van der Waals surface area contributed by atoms with E-state index in [1.165, 1.54) is 11.8 Å². The maximum atomic E-state index is 12.6. The predicted molar refractivity (Wildman–Crippen MR) is 124 cm³/mol.